The number of anilines is 3. The van der Waals surface area contributed by atoms with E-state index in [2.05, 4.69) is 20.6 Å². The number of ether oxygens (including phenoxy) is 1. The number of aryl methyl sites for hydroxylation is 1. The molecule has 0 unspecified atom stereocenters. The number of esters is 1. The van der Waals surface area contributed by atoms with Crippen LogP contribution >= 0.6 is 0 Å². The van der Waals surface area contributed by atoms with Crippen molar-refractivity contribution in [2.45, 2.75) is 45.7 Å². The maximum atomic E-state index is 13.2. The summed E-state index contributed by atoms with van der Waals surface area (Å²) in [4.78, 5) is 46.5. The number of hydrogen-bond acceptors (Lipinski definition) is 7. The van der Waals surface area contributed by atoms with E-state index in [1.165, 1.54) is 13.3 Å². The first-order chi connectivity index (χ1) is 16.0. The van der Waals surface area contributed by atoms with Gasteiger partial charge in [-0.3, -0.25) is 14.2 Å². The molecular formula is C23H26N6O4. The van der Waals surface area contributed by atoms with Crippen LogP contribution in [0.3, 0.4) is 0 Å². The molecule has 3 heterocycles. The molecule has 2 N–H and O–H groups in total. The molecule has 0 aromatic carbocycles. The topological polar surface area (TPSA) is 120 Å². The highest BCUT2D eigenvalue weighted by molar-refractivity contribution is 6.00. The van der Waals surface area contributed by atoms with Crippen LogP contribution in [-0.2, 0) is 22.6 Å². The van der Waals surface area contributed by atoms with Crippen molar-refractivity contribution in [1.29, 1.82) is 0 Å². The summed E-state index contributed by atoms with van der Waals surface area (Å²) in [5, 5.41) is 6.48. The number of carbonyl (C=O) groups excluding carboxylic acids is 2. The van der Waals surface area contributed by atoms with Crippen molar-refractivity contribution >= 4 is 40.1 Å². The summed E-state index contributed by atoms with van der Waals surface area (Å²) in [5.41, 5.74) is 1.58. The Kier molecular flexibility index (Phi) is 5.35. The zero-order chi connectivity index (χ0) is 23.1. The van der Waals surface area contributed by atoms with E-state index in [4.69, 9.17) is 4.74 Å². The number of amides is 1. The molecule has 2 aliphatic rings. The molecule has 10 heteroatoms. The van der Waals surface area contributed by atoms with E-state index >= 15 is 0 Å². The molecule has 10 nitrogen and oxygen atoms in total. The highest BCUT2D eigenvalue weighted by Gasteiger charge is 2.30. The van der Waals surface area contributed by atoms with Gasteiger partial charge in [0.05, 0.1) is 24.8 Å². The zero-order valence-electron chi connectivity index (χ0n) is 18.6. The molecule has 0 radical (unpaired) electrons. The lowest BCUT2D eigenvalue weighted by molar-refractivity contribution is -0.117. The van der Waals surface area contributed by atoms with E-state index in [0.29, 0.717) is 40.7 Å². The van der Waals surface area contributed by atoms with Gasteiger partial charge < -0.3 is 19.9 Å². The fraction of sp³-hybridized carbons (Fsp3) is 0.435. The summed E-state index contributed by atoms with van der Waals surface area (Å²) in [6, 6.07) is 1.59. The Morgan fingerprint density at radius 3 is 2.61 bits per heavy atom. The average molecular weight is 450 g/mol. The highest BCUT2D eigenvalue weighted by atomic mass is 16.5. The maximum absolute atomic E-state index is 13.2. The molecule has 33 heavy (non-hydrogen) atoms. The zero-order valence-corrected chi connectivity index (χ0v) is 18.6. The number of carbonyl (C=O) groups is 2. The molecule has 0 atom stereocenters. The maximum Gasteiger partial charge on any atom is 0.341 e. The molecule has 0 bridgehead atoms. The molecule has 2 fully saturated rings. The lowest BCUT2D eigenvalue weighted by Gasteiger charge is -2.12. The van der Waals surface area contributed by atoms with Crippen molar-refractivity contribution < 1.29 is 14.3 Å². The Bertz CT molecular complexity index is 1300. The van der Waals surface area contributed by atoms with Gasteiger partial charge in [-0.15, -0.1) is 0 Å². The second-order valence-corrected chi connectivity index (χ2v) is 8.67. The minimum absolute atomic E-state index is 0.0162. The monoisotopic (exact) mass is 450 g/mol. The first kappa shape index (κ1) is 21.2. The van der Waals surface area contributed by atoms with Crippen LogP contribution in [0.2, 0.25) is 0 Å². The molecular weight excluding hydrogens is 424 g/mol. The van der Waals surface area contributed by atoms with Crippen molar-refractivity contribution in [2.24, 2.45) is 11.8 Å². The second-order valence-electron chi connectivity index (χ2n) is 8.67. The lowest BCUT2D eigenvalue weighted by Crippen LogP contribution is -2.20. The van der Waals surface area contributed by atoms with E-state index in [9.17, 15) is 14.4 Å². The second kappa shape index (κ2) is 8.34. The van der Waals surface area contributed by atoms with Gasteiger partial charge in [0.25, 0.3) is 5.56 Å². The largest absolute Gasteiger partial charge is 0.465 e. The molecule has 0 saturated heterocycles. The van der Waals surface area contributed by atoms with Gasteiger partial charge >= 0.3 is 5.97 Å². The number of pyridine rings is 1. The van der Waals surface area contributed by atoms with Crippen LogP contribution in [-0.4, -0.2) is 38.1 Å². The number of aromatic nitrogens is 4. The van der Waals surface area contributed by atoms with Crippen LogP contribution in [0.25, 0.3) is 11.0 Å². The van der Waals surface area contributed by atoms with Gasteiger partial charge in [0.2, 0.25) is 5.91 Å². The van der Waals surface area contributed by atoms with Crippen molar-refractivity contribution in [1.82, 2.24) is 19.1 Å². The van der Waals surface area contributed by atoms with E-state index in [1.54, 1.807) is 17.0 Å². The molecule has 0 spiro atoms. The smallest absolute Gasteiger partial charge is 0.341 e. The summed E-state index contributed by atoms with van der Waals surface area (Å²) < 4.78 is 8.45. The van der Waals surface area contributed by atoms with Gasteiger partial charge in [-0.2, -0.15) is 0 Å². The number of nitrogens with zero attached hydrogens (tertiary/aromatic N) is 4. The van der Waals surface area contributed by atoms with Crippen LogP contribution in [0.4, 0.5) is 17.2 Å². The summed E-state index contributed by atoms with van der Waals surface area (Å²) in [6.45, 7) is 3.16. The summed E-state index contributed by atoms with van der Waals surface area (Å²) in [5.74, 6) is 0.265. The molecule has 172 valence electrons. The van der Waals surface area contributed by atoms with Gasteiger partial charge in [-0.25, -0.2) is 14.8 Å². The third kappa shape index (κ3) is 4.20. The quantitative estimate of drug-likeness (QED) is 0.506. The summed E-state index contributed by atoms with van der Waals surface area (Å²) in [6.07, 6.45) is 8.85. The summed E-state index contributed by atoms with van der Waals surface area (Å²) in [7, 11) is 1.29. The van der Waals surface area contributed by atoms with E-state index in [-0.39, 0.29) is 22.9 Å². The number of nitrogens with one attached hydrogen (secondary N) is 2. The normalized spacial score (nSPS) is 15.5. The van der Waals surface area contributed by atoms with Gasteiger partial charge in [0.15, 0.2) is 0 Å². The Hall–Kier alpha value is -3.69. The molecule has 2 aliphatic carbocycles. The van der Waals surface area contributed by atoms with Crippen molar-refractivity contribution in [3.8, 4) is 0 Å². The third-order valence-corrected chi connectivity index (χ3v) is 6.11. The lowest BCUT2D eigenvalue weighted by atomic mass is 10.2. The Labute approximate surface area is 190 Å². The predicted octanol–water partition coefficient (Wildman–Crippen LogP) is 2.90. The molecule has 3 aromatic rings. The molecule has 0 aliphatic heterocycles. The first-order valence-corrected chi connectivity index (χ1v) is 11.2. The Balaban J connectivity index is 1.58. The van der Waals surface area contributed by atoms with Crippen LogP contribution in [0.15, 0.2) is 29.6 Å². The average Bonchev–Trinajstić information content (AvgIpc) is 3.73. The van der Waals surface area contributed by atoms with Gasteiger partial charge in [-0.1, -0.05) is 0 Å². The van der Waals surface area contributed by atoms with E-state index < -0.39 is 5.97 Å². The summed E-state index contributed by atoms with van der Waals surface area (Å²) >= 11 is 0. The molecule has 1 amide bonds. The molecule has 3 aromatic heterocycles. The number of hydrogen-bond donors (Lipinski definition) is 2. The predicted molar refractivity (Wildman–Crippen MR) is 123 cm³/mol. The standard InChI is InChI=1S/C23H26N6O4/c1-3-28-12-25-20-19(22(28)31)17(11-29(20)10-13-4-5-13)26-16-8-18(27-21(30)14-6-7-14)24-9-15(16)23(32)33-2/h8-9,11-14H,3-7,10H2,1-2H3,(H2,24,26,27,30). The minimum atomic E-state index is -0.573. The van der Waals surface area contributed by atoms with Gasteiger partial charge in [0, 0.05) is 37.5 Å². The van der Waals surface area contributed by atoms with Crippen molar-refractivity contribution in [3.05, 3.63) is 40.7 Å². The van der Waals surface area contributed by atoms with Crippen LogP contribution in [0.1, 0.15) is 43.0 Å². The molecule has 2 saturated carbocycles. The van der Waals surface area contributed by atoms with Gasteiger partial charge in [0.1, 0.15) is 22.4 Å². The minimum Gasteiger partial charge on any atom is -0.465 e. The van der Waals surface area contributed by atoms with E-state index in [0.717, 1.165) is 32.2 Å². The third-order valence-electron chi connectivity index (χ3n) is 6.11. The number of rotatable bonds is 8. The van der Waals surface area contributed by atoms with Crippen LogP contribution < -0.4 is 16.2 Å². The fourth-order valence-electron chi connectivity index (χ4n) is 3.87. The first-order valence-electron chi connectivity index (χ1n) is 11.2. The van der Waals surface area contributed by atoms with Crippen molar-refractivity contribution in [2.75, 3.05) is 17.7 Å². The number of fused-ring (bicyclic) bond motifs is 1. The van der Waals surface area contributed by atoms with Crippen LogP contribution in [0.5, 0.6) is 0 Å². The van der Waals surface area contributed by atoms with Crippen LogP contribution in [0, 0.1) is 11.8 Å². The van der Waals surface area contributed by atoms with Gasteiger partial charge in [-0.05, 0) is 38.5 Å². The molecule has 5 rings (SSSR count). The van der Waals surface area contributed by atoms with Crippen molar-refractivity contribution in [3.63, 3.8) is 0 Å². The Morgan fingerprint density at radius 2 is 1.94 bits per heavy atom. The SMILES string of the molecule is CCn1cnc2c(c(Nc3cc(NC(=O)C4CC4)ncc3C(=O)OC)cn2CC2CC2)c1=O. The highest BCUT2D eigenvalue weighted by Crippen LogP contribution is 2.35. The fourth-order valence-corrected chi connectivity index (χ4v) is 3.87. The number of methoxy groups -OCH3 is 1. The Morgan fingerprint density at radius 1 is 1.15 bits per heavy atom. The van der Waals surface area contributed by atoms with E-state index in [1.807, 2.05) is 17.7 Å².